The Morgan fingerprint density at radius 2 is 1.94 bits per heavy atom. The Morgan fingerprint density at radius 3 is 2.65 bits per heavy atom. The summed E-state index contributed by atoms with van der Waals surface area (Å²) in [6.07, 6.45) is 2.38. The molecule has 1 aromatic heterocycles. The van der Waals surface area contributed by atoms with Gasteiger partial charge in [-0.15, -0.1) is 0 Å². The molecule has 0 spiro atoms. The third kappa shape index (κ3) is 4.82. The first-order valence-electron chi connectivity index (χ1n) is 10.4. The number of ether oxygens (including phenoxy) is 1. The molecule has 0 saturated carbocycles. The second kappa shape index (κ2) is 9.12. The first kappa shape index (κ1) is 20.8. The minimum atomic E-state index is -0.370. The molecular weight excluding hydrogens is 395 g/mol. The highest BCUT2D eigenvalue weighted by Gasteiger charge is 2.29. The number of halogens is 1. The number of aromatic nitrogens is 2. The van der Waals surface area contributed by atoms with Crippen molar-refractivity contribution in [2.75, 3.05) is 24.5 Å². The Morgan fingerprint density at radius 1 is 1.13 bits per heavy atom. The number of piperazine rings is 1. The first-order chi connectivity index (χ1) is 15.0. The molecule has 7 heteroatoms. The summed E-state index contributed by atoms with van der Waals surface area (Å²) < 4.78 is 19.1. The maximum Gasteiger partial charge on any atom is 0.254 e. The number of anilines is 1. The van der Waals surface area contributed by atoms with E-state index in [0.29, 0.717) is 42.6 Å². The van der Waals surface area contributed by atoms with Crippen molar-refractivity contribution in [1.29, 1.82) is 0 Å². The van der Waals surface area contributed by atoms with Gasteiger partial charge in [-0.3, -0.25) is 4.79 Å². The van der Waals surface area contributed by atoms with Gasteiger partial charge in [-0.05, 0) is 43.2 Å². The maximum absolute atomic E-state index is 13.4. The summed E-state index contributed by atoms with van der Waals surface area (Å²) >= 11 is 0. The Labute approximate surface area is 181 Å². The number of carbonyl (C=O) groups is 1. The average Bonchev–Trinajstić information content (AvgIpc) is 2.79. The van der Waals surface area contributed by atoms with E-state index in [-0.39, 0.29) is 17.8 Å². The molecule has 1 saturated heterocycles. The molecule has 0 aliphatic carbocycles. The predicted molar refractivity (Wildman–Crippen MR) is 117 cm³/mol. The fraction of sp³-hybridized carbons (Fsp3) is 0.292. The minimum absolute atomic E-state index is 0.0228. The van der Waals surface area contributed by atoms with Gasteiger partial charge in [0.15, 0.2) is 0 Å². The zero-order valence-corrected chi connectivity index (χ0v) is 17.7. The van der Waals surface area contributed by atoms with Gasteiger partial charge in [0, 0.05) is 43.4 Å². The van der Waals surface area contributed by atoms with E-state index in [1.807, 2.05) is 36.1 Å². The molecule has 0 unspecified atom stereocenters. The average molecular weight is 420 g/mol. The van der Waals surface area contributed by atoms with E-state index in [0.717, 1.165) is 6.42 Å². The Hall–Kier alpha value is -3.48. The van der Waals surface area contributed by atoms with Crippen LogP contribution in [0.2, 0.25) is 0 Å². The van der Waals surface area contributed by atoms with Crippen molar-refractivity contribution in [3.8, 4) is 11.6 Å². The molecule has 1 fully saturated rings. The van der Waals surface area contributed by atoms with Gasteiger partial charge < -0.3 is 14.5 Å². The molecule has 31 heavy (non-hydrogen) atoms. The lowest BCUT2D eigenvalue weighted by atomic mass is 10.1. The lowest BCUT2D eigenvalue weighted by molar-refractivity contribution is 0.0673. The third-order valence-electron chi connectivity index (χ3n) is 5.47. The van der Waals surface area contributed by atoms with Gasteiger partial charge in [0.2, 0.25) is 5.88 Å². The Kier molecular flexibility index (Phi) is 6.11. The van der Waals surface area contributed by atoms with Crippen LogP contribution in [0, 0.1) is 5.82 Å². The van der Waals surface area contributed by atoms with Crippen LogP contribution in [0.5, 0.6) is 11.6 Å². The molecule has 160 valence electrons. The van der Waals surface area contributed by atoms with Gasteiger partial charge in [-0.1, -0.05) is 25.1 Å². The molecular formula is C24H25FN4O2. The summed E-state index contributed by atoms with van der Waals surface area (Å²) in [6.45, 7) is 6.03. The van der Waals surface area contributed by atoms with Crippen LogP contribution in [0.3, 0.4) is 0 Å². The maximum atomic E-state index is 13.4. The van der Waals surface area contributed by atoms with Crippen LogP contribution in [-0.2, 0) is 6.42 Å². The molecule has 0 radical (unpaired) electrons. The molecule has 2 heterocycles. The van der Waals surface area contributed by atoms with E-state index in [1.165, 1.54) is 24.0 Å². The number of hydrogen-bond donors (Lipinski definition) is 0. The molecule has 1 aliphatic heterocycles. The monoisotopic (exact) mass is 420 g/mol. The van der Waals surface area contributed by atoms with Crippen LogP contribution in [0.1, 0.15) is 29.8 Å². The van der Waals surface area contributed by atoms with Gasteiger partial charge in [-0.25, -0.2) is 14.4 Å². The van der Waals surface area contributed by atoms with E-state index >= 15 is 0 Å². The van der Waals surface area contributed by atoms with E-state index in [9.17, 15) is 9.18 Å². The number of amides is 1. The fourth-order valence-corrected chi connectivity index (χ4v) is 3.73. The van der Waals surface area contributed by atoms with Gasteiger partial charge in [-0.2, -0.15) is 0 Å². The molecule has 2 aromatic carbocycles. The van der Waals surface area contributed by atoms with Crippen molar-refractivity contribution in [3.05, 3.63) is 77.9 Å². The van der Waals surface area contributed by atoms with Gasteiger partial charge in [0.25, 0.3) is 5.91 Å². The minimum Gasteiger partial charge on any atom is -0.439 e. The van der Waals surface area contributed by atoms with Gasteiger partial charge >= 0.3 is 0 Å². The van der Waals surface area contributed by atoms with Crippen molar-refractivity contribution in [2.45, 2.75) is 26.3 Å². The highest BCUT2D eigenvalue weighted by atomic mass is 19.1. The van der Waals surface area contributed by atoms with E-state index < -0.39 is 0 Å². The topological polar surface area (TPSA) is 58.6 Å². The summed E-state index contributed by atoms with van der Waals surface area (Å²) in [6, 6.07) is 15.5. The Bertz CT molecular complexity index is 1060. The number of rotatable bonds is 5. The third-order valence-corrected chi connectivity index (χ3v) is 5.47. The normalized spacial score (nSPS) is 16.3. The first-order valence-corrected chi connectivity index (χ1v) is 10.4. The smallest absolute Gasteiger partial charge is 0.254 e. The lowest BCUT2D eigenvalue weighted by Crippen LogP contribution is -2.54. The number of aryl methyl sites for hydroxylation is 1. The van der Waals surface area contributed by atoms with Crippen molar-refractivity contribution in [2.24, 2.45) is 0 Å². The quantitative estimate of drug-likeness (QED) is 0.615. The van der Waals surface area contributed by atoms with Crippen LogP contribution in [0.4, 0.5) is 10.2 Å². The summed E-state index contributed by atoms with van der Waals surface area (Å²) in [5.74, 6) is 1.12. The van der Waals surface area contributed by atoms with Crippen LogP contribution in [0.25, 0.3) is 0 Å². The van der Waals surface area contributed by atoms with E-state index in [2.05, 4.69) is 21.8 Å². The molecule has 0 N–H and O–H groups in total. The van der Waals surface area contributed by atoms with Crippen molar-refractivity contribution in [1.82, 2.24) is 14.9 Å². The van der Waals surface area contributed by atoms with E-state index in [1.54, 1.807) is 18.2 Å². The molecule has 1 aliphatic rings. The van der Waals surface area contributed by atoms with Gasteiger partial charge in [0.1, 0.15) is 23.7 Å². The number of benzene rings is 2. The number of hydrogen-bond acceptors (Lipinski definition) is 5. The predicted octanol–water partition coefficient (Wildman–Crippen LogP) is 4.32. The highest BCUT2D eigenvalue weighted by Crippen LogP contribution is 2.25. The van der Waals surface area contributed by atoms with E-state index in [4.69, 9.17) is 4.74 Å². The summed E-state index contributed by atoms with van der Waals surface area (Å²) in [5.41, 5.74) is 1.93. The molecule has 3 aromatic rings. The number of carbonyl (C=O) groups excluding carboxylic acids is 1. The van der Waals surface area contributed by atoms with Gasteiger partial charge in [0.05, 0.1) is 0 Å². The lowest BCUT2D eigenvalue weighted by Gasteiger charge is -2.40. The second-order valence-electron chi connectivity index (χ2n) is 7.62. The summed E-state index contributed by atoms with van der Waals surface area (Å²) in [5, 5.41) is 0. The Balaban J connectivity index is 1.43. The van der Waals surface area contributed by atoms with Crippen molar-refractivity contribution >= 4 is 11.7 Å². The highest BCUT2D eigenvalue weighted by molar-refractivity contribution is 5.94. The molecule has 4 rings (SSSR count). The molecule has 1 amide bonds. The molecule has 6 nitrogen and oxygen atoms in total. The fourth-order valence-electron chi connectivity index (χ4n) is 3.73. The zero-order chi connectivity index (χ0) is 21.8. The standard InChI is InChI=1S/C24H25FN4O2/c1-3-18-7-9-19(10-8-18)24(30)29-12-11-28(15-17(29)2)22-14-23(27-16-26-22)31-21-6-4-5-20(25)13-21/h4-10,13-14,16-17H,3,11-12,15H2,1-2H3/t17-/m0/s1. The zero-order valence-electron chi connectivity index (χ0n) is 17.7. The number of nitrogens with zero attached hydrogens (tertiary/aromatic N) is 4. The van der Waals surface area contributed by atoms with Crippen LogP contribution in [-0.4, -0.2) is 46.5 Å². The summed E-state index contributed by atoms with van der Waals surface area (Å²) in [7, 11) is 0. The largest absolute Gasteiger partial charge is 0.439 e. The van der Waals surface area contributed by atoms with Crippen LogP contribution >= 0.6 is 0 Å². The van der Waals surface area contributed by atoms with Crippen molar-refractivity contribution in [3.63, 3.8) is 0 Å². The second-order valence-corrected chi connectivity index (χ2v) is 7.62. The SMILES string of the molecule is CCc1ccc(C(=O)N2CCN(c3cc(Oc4cccc(F)c4)ncn3)C[C@@H]2C)cc1. The van der Waals surface area contributed by atoms with Crippen LogP contribution in [0.15, 0.2) is 60.9 Å². The molecule has 1 atom stereocenters. The summed E-state index contributed by atoms with van der Waals surface area (Å²) in [4.78, 5) is 25.5. The van der Waals surface area contributed by atoms with Crippen molar-refractivity contribution < 1.29 is 13.9 Å². The van der Waals surface area contributed by atoms with Crippen LogP contribution < -0.4 is 9.64 Å². The molecule has 0 bridgehead atoms.